The van der Waals surface area contributed by atoms with Gasteiger partial charge in [-0.2, -0.15) is 0 Å². The first-order valence-electron chi connectivity index (χ1n) is 7.27. The molecule has 1 aromatic rings. The largest absolute Gasteiger partial charge is 0.368 e. The molecule has 0 spiro atoms. The lowest BCUT2D eigenvalue weighted by atomic mass is 10.2. The molecule has 1 aliphatic rings. The number of carbonyl (C=O) groups excluding carboxylic acids is 2. The summed E-state index contributed by atoms with van der Waals surface area (Å²) < 4.78 is 0. The molecule has 23 heavy (non-hydrogen) atoms. The monoisotopic (exact) mass is 355 g/mol. The minimum Gasteiger partial charge on any atom is -0.368 e. The van der Waals surface area contributed by atoms with Gasteiger partial charge in [-0.05, 0) is 24.3 Å². The molecule has 0 aliphatic carbocycles. The summed E-state index contributed by atoms with van der Waals surface area (Å²) in [5.74, 6) is -0.315. The Kier molecular flexibility index (Phi) is 5.91. The van der Waals surface area contributed by atoms with Crippen molar-refractivity contribution in [2.45, 2.75) is 0 Å². The zero-order valence-electron chi connectivity index (χ0n) is 13.0. The molecule has 5 nitrogen and oxygen atoms in total. The van der Waals surface area contributed by atoms with Crippen LogP contribution in [0.2, 0.25) is 10.0 Å². The van der Waals surface area contributed by atoms with Crippen molar-refractivity contribution in [1.82, 2.24) is 9.80 Å². The lowest BCUT2D eigenvalue weighted by molar-refractivity contribution is -0.137. The van der Waals surface area contributed by atoms with Crippen LogP contribution in [0.1, 0.15) is 0 Å². The zero-order chi connectivity index (χ0) is 17.0. The van der Waals surface area contributed by atoms with Gasteiger partial charge in [-0.3, -0.25) is 9.59 Å². The van der Waals surface area contributed by atoms with Crippen LogP contribution in [0.3, 0.4) is 0 Å². The maximum atomic E-state index is 12.2. The maximum absolute atomic E-state index is 12.2. The van der Waals surface area contributed by atoms with E-state index in [4.69, 9.17) is 23.2 Å². The fraction of sp³-hybridized carbons (Fsp3) is 0.375. The van der Waals surface area contributed by atoms with Crippen molar-refractivity contribution in [2.24, 2.45) is 0 Å². The molecular formula is C16H19Cl2N3O2. The van der Waals surface area contributed by atoms with Crippen LogP contribution in [0.5, 0.6) is 0 Å². The highest BCUT2D eigenvalue weighted by Crippen LogP contribution is 2.27. The molecule has 0 aromatic heterocycles. The number of piperazine rings is 1. The number of hydrogen-bond donors (Lipinski definition) is 0. The smallest absolute Gasteiger partial charge is 0.246 e. The number of rotatable bonds is 4. The first-order chi connectivity index (χ1) is 10.9. The molecular weight excluding hydrogens is 337 g/mol. The fourth-order valence-corrected chi connectivity index (χ4v) is 2.72. The van der Waals surface area contributed by atoms with Crippen molar-refractivity contribution in [2.75, 3.05) is 44.7 Å². The molecule has 0 unspecified atom stereocenters. The predicted molar refractivity (Wildman–Crippen MR) is 93.1 cm³/mol. The third-order valence-electron chi connectivity index (χ3n) is 3.82. The van der Waals surface area contributed by atoms with Gasteiger partial charge in [-0.1, -0.05) is 29.8 Å². The molecule has 2 rings (SSSR count). The lowest BCUT2D eigenvalue weighted by Crippen LogP contribution is -2.51. The molecule has 1 heterocycles. The van der Waals surface area contributed by atoms with E-state index in [1.807, 2.05) is 12.1 Å². The van der Waals surface area contributed by atoms with Gasteiger partial charge in [0.1, 0.15) is 0 Å². The highest BCUT2D eigenvalue weighted by atomic mass is 35.5. The molecule has 0 atom stereocenters. The van der Waals surface area contributed by atoms with Crippen molar-refractivity contribution >= 4 is 40.7 Å². The highest BCUT2D eigenvalue weighted by molar-refractivity contribution is 6.42. The number of amides is 2. The van der Waals surface area contributed by atoms with Crippen LogP contribution in [0, 0.1) is 0 Å². The average Bonchev–Trinajstić information content (AvgIpc) is 2.56. The molecule has 2 amide bonds. The number of nitrogens with zero attached hydrogens (tertiary/aromatic N) is 3. The number of likely N-dealkylation sites (N-methyl/N-ethyl adjacent to an activating group) is 1. The van der Waals surface area contributed by atoms with Gasteiger partial charge >= 0.3 is 0 Å². The van der Waals surface area contributed by atoms with E-state index in [2.05, 4.69) is 11.5 Å². The topological polar surface area (TPSA) is 43.9 Å². The molecule has 1 fully saturated rings. The van der Waals surface area contributed by atoms with Crippen molar-refractivity contribution in [3.05, 3.63) is 40.9 Å². The number of halogens is 2. The molecule has 0 N–H and O–H groups in total. The van der Waals surface area contributed by atoms with Crippen LogP contribution in [0.15, 0.2) is 30.9 Å². The van der Waals surface area contributed by atoms with Crippen molar-refractivity contribution < 1.29 is 9.59 Å². The molecule has 1 saturated heterocycles. The quantitative estimate of drug-likeness (QED) is 0.778. The summed E-state index contributed by atoms with van der Waals surface area (Å²) in [7, 11) is 1.59. The number of benzene rings is 1. The van der Waals surface area contributed by atoms with Gasteiger partial charge in [0, 0.05) is 38.9 Å². The number of carbonyl (C=O) groups is 2. The third-order valence-corrected chi connectivity index (χ3v) is 4.56. The van der Waals surface area contributed by atoms with E-state index in [0.717, 1.165) is 5.69 Å². The molecule has 1 aliphatic heterocycles. The highest BCUT2D eigenvalue weighted by Gasteiger charge is 2.23. The van der Waals surface area contributed by atoms with Gasteiger partial charge in [0.25, 0.3) is 0 Å². The van der Waals surface area contributed by atoms with E-state index in [1.165, 1.54) is 11.0 Å². The van der Waals surface area contributed by atoms with Crippen LogP contribution in [0.25, 0.3) is 0 Å². The average molecular weight is 356 g/mol. The van der Waals surface area contributed by atoms with Gasteiger partial charge in [0.15, 0.2) is 0 Å². The molecule has 1 aromatic carbocycles. The van der Waals surface area contributed by atoms with E-state index in [0.29, 0.717) is 36.2 Å². The van der Waals surface area contributed by atoms with Gasteiger partial charge in [-0.25, -0.2) is 0 Å². The van der Waals surface area contributed by atoms with Crippen LogP contribution < -0.4 is 4.90 Å². The van der Waals surface area contributed by atoms with E-state index in [-0.39, 0.29) is 18.4 Å². The van der Waals surface area contributed by atoms with Gasteiger partial charge in [0.2, 0.25) is 11.8 Å². The summed E-state index contributed by atoms with van der Waals surface area (Å²) in [5.41, 5.74) is 0.991. The maximum Gasteiger partial charge on any atom is 0.246 e. The Labute approximate surface area is 146 Å². The summed E-state index contributed by atoms with van der Waals surface area (Å²) >= 11 is 12.0. The summed E-state index contributed by atoms with van der Waals surface area (Å²) in [6, 6.07) is 5.52. The first-order valence-corrected chi connectivity index (χ1v) is 8.03. The second kappa shape index (κ2) is 7.70. The van der Waals surface area contributed by atoms with Crippen molar-refractivity contribution in [3.8, 4) is 0 Å². The standard InChI is InChI=1S/C16H19Cl2N3O2/c1-3-15(22)19(2)11-16(23)21-8-6-20(7-9-21)12-4-5-13(17)14(18)10-12/h3-5,10H,1,6-9,11H2,2H3. The van der Waals surface area contributed by atoms with Crippen LogP contribution >= 0.6 is 23.2 Å². The third kappa shape index (κ3) is 4.39. The number of anilines is 1. The summed E-state index contributed by atoms with van der Waals surface area (Å²) in [5, 5.41) is 1.05. The van der Waals surface area contributed by atoms with Crippen LogP contribution in [0.4, 0.5) is 5.69 Å². The second-order valence-electron chi connectivity index (χ2n) is 5.36. The van der Waals surface area contributed by atoms with E-state index in [1.54, 1.807) is 18.0 Å². The predicted octanol–water partition coefficient (Wildman–Crippen LogP) is 2.29. The Morgan fingerprint density at radius 3 is 2.43 bits per heavy atom. The van der Waals surface area contributed by atoms with Gasteiger partial charge in [-0.15, -0.1) is 0 Å². The second-order valence-corrected chi connectivity index (χ2v) is 6.18. The molecule has 124 valence electrons. The summed E-state index contributed by atoms with van der Waals surface area (Å²) in [6.07, 6.45) is 1.20. The van der Waals surface area contributed by atoms with Crippen molar-refractivity contribution in [1.29, 1.82) is 0 Å². The minimum absolute atomic E-state index is 0.0588. The van der Waals surface area contributed by atoms with E-state index in [9.17, 15) is 9.59 Å². The SMILES string of the molecule is C=CC(=O)N(C)CC(=O)N1CCN(c2ccc(Cl)c(Cl)c2)CC1. The fourth-order valence-electron chi connectivity index (χ4n) is 2.43. The number of hydrogen-bond acceptors (Lipinski definition) is 3. The normalized spacial score (nSPS) is 14.6. The zero-order valence-corrected chi connectivity index (χ0v) is 14.5. The van der Waals surface area contributed by atoms with Gasteiger partial charge in [0.05, 0.1) is 16.6 Å². The Bertz CT molecular complexity index is 613. The molecule has 0 saturated carbocycles. The van der Waals surface area contributed by atoms with Gasteiger partial charge < -0.3 is 14.7 Å². The Morgan fingerprint density at radius 2 is 1.87 bits per heavy atom. The summed E-state index contributed by atoms with van der Waals surface area (Å²) in [6.45, 7) is 6.12. The van der Waals surface area contributed by atoms with E-state index < -0.39 is 0 Å². The first kappa shape index (κ1) is 17.6. The van der Waals surface area contributed by atoms with Crippen LogP contribution in [-0.2, 0) is 9.59 Å². The Morgan fingerprint density at radius 1 is 1.22 bits per heavy atom. The van der Waals surface area contributed by atoms with E-state index >= 15 is 0 Å². The lowest BCUT2D eigenvalue weighted by Gasteiger charge is -2.36. The Hall–Kier alpha value is -1.72. The minimum atomic E-state index is -0.257. The Balaban J connectivity index is 1.90. The molecule has 7 heteroatoms. The summed E-state index contributed by atoms with van der Waals surface area (Å²) in [4.78, 5) is 28.9. The van der Waals surface area contributed by atoms with Crippen LogP contribution in [-0.4, -0.2) is 61.4 Å². The van der Waals surface area contributed by atoms with Crippen molar-refractivity contribution in [3.63, 3.8) is 0 Å². The molecule has 0 bridgehead atoms. The molecule has 0 radical (unpaired) electrons.